The molecular formula is C9H9N3O. The molecule has 0 atom stereocenters. The number of aromatic amines is 1. The van der Waals surface area contributed by atoms with Gasteiger partial charge in [-0.3, -0.25) is 9.89 Å². The van der Waals surface area contributed by atoms with E-state index in [0.29, 0.717) is 11.1 Å². The Balaban J connectivity index is 2.86. The zero-order chi connectivity index (χ0) is 9.42. The first-order valence-corrected chi connectivity index (χ1v) is 3.92. The summed E-state index contributed by atoms with van der Waals surface area (Å²) in [7, 11) is 0. The molecule has 0 bridgehead atoms. The number of primary amides is 1. The SMILES string of the molecule is Cc1ccc(C(N)=O)c2[nH]ncc12. The fourth-order valence-electron chi connectivity index (χ4n) is 1.38. The number of hydrogen-bond acceptors (Lipinski definition) is 2. The third kappa shape index (κ3) is 1.07. The maximum atomic E-state index is 11.0. The first kappa shape index (κ1) is 7.79. The molecule has 0 spiro atoms. The molecule has 1 amide bonds. The molecule has 1 aromatic carbocycles. The van der Waals surface area contributed by atoms with Gasteiger partial charge in [0.05, 0.1) is 17.3 Å². The average molecular weight is 175 g/mol. The van der Waals surface area contributed by atoms with Gasteiger partial charge in [-0.1, -0.05) is 6.07 Å². The molecule has 4 heteroatoms. The molecular weight excluding hydrogens is 166 g/mol. The van der Waals surface area contributed by atoms with Gasteiger partial charge in [0.1, 0.15) is 0 Å². The molecule has 0 saturated carbocycles. The average Bonchev–Trinajstić information content (AvgIpc) is 2.53. The molecule has 0 aliphatic heterocycles. The highest BCUT2D eigenvalue weighted by Gasteiger charge is 2.08. The lowest BCUT2D eigenvalue weighted by Gasteiger charge is -1.99. The smallest absolute Gasteiger partial charge is 0.250 e. The number of amides is 1. The van der Waals surface area contributed by atoms with Gasteiger partial charge in [0.25, 0.3) is 5.91 Å². The molecule has 2 aromatic rings. The van der Waals surface area contributed by atoms with Gasteiger partial charge in [-0.2, -0.15) is 5.10 Å². The highest BCUT2D eigenvalue weighted by atomic mass is 16.1. The summed E-state index contributed by atoms with van der Waals surface area (Å²) in [6.45, 7) is 1.96. The largest absolute Gasteiger partial charge is 0.366 e. The van der Waals surface area contributed by atoms with Crippen molar-refractivity contribution in [3.63, 3.8) is 0 Å². The molecule has 1 heterocycles. The number of carbonyl (C=O) groups is 1. The quantitative estimate of drug-likeness (QED) is 0.677. The zero-order valence-electron chi connectivity index (χ0n) is 7.16. The lowest BCUT2D eigenvalue weighted by Crippen LogP contribution is -2.11. The zero-order valence-corrected chi connectivity index (χ0v) is 7.16. The molecule has 3 N–H and O–H groups in total. The number of nitrogens with one attached hydrogen (secondary N) is 1. The van der Waals surface area contributed by atoms with Gasteiger partial charge >= 0.3 is 0 Å². The van der Waals surface area contributed by atoms with Crippen LogP contribution in [0.2, 0.25) is 0 Å². The Bertz CT molecular complexity index is 473. The summed E-state index contributed by atoms with van der Waals surface area (Å²) in [5, 5.41) is 7.57. The second-order valence-corrected chi connectivity index (χ2v) is 2.95. The Kier molecular flexibility index (Phi) is 1.55. The maximum Gasteiger partial charge on any atom is 0.250 e. The third-order valence-electron chi connectivity index (χ3n) is 2.10. The van der Waals surface area contributed by atoms with Crippen molar-refractivity contribution < 1.29 is 4.79 Å². The van der Waals surface area contributed by atoms with Gasteiger partial charge < -0.3 is 5.73 Å². The van der Waals surface area contributed by atoms with Crippen LogP contribution in [-0.2, 0) is 0 Å². The van der Waals surface area contributed by atoms with Crippen LogP contribution in [0, 0.1) is 6.92 Å². The minimum atomic E-state index is -0.436. The van der Waals surface area contributed by atoms with E-state index in [2.05, 4.69) is 10.2 Å². The molecule has 4 nitrogen and oxygen atoms in total. The van der Waals surface area contributed by atoms with E-state index in [4.69, 9.17) is 5.73 Å². The number of aromatic nitrogens is 2. The van der Waals surface area contributed by atoms with Crippen LogP contribution in [0.3, 0.4) is 0 Å². The predicted molar refractivity (Wildman–Crippen MR) is 49.3 cm³/mol. The Morgan fingerprint density at radius 2 is 2.31 bits per heavy atom. The summed E-state index contributed by atoms with van der Waals surface area (Å²) in [5.74, 6) is -0.436. The van der Waals surface area contributed by atoms with Crippen molar-refractivity contribution in [1.82, 2.24) is 10.2 Å². The van der Waals surface area contributed by atoms with E-state index < -0.39 is 5.91 Å². The molecule has 0 aliphatic rings. The summed E-state index contributed by atoms with van der Waals surface area (Å²) >= 11 is 0. The van der Waals surface area contributed by atoms with Crippen molar-refractivity contribution in [2.75, 3.05) is 0 Å². The Labute approximate surface area is 74.7 Å². The van der Waals surface area contributed by atoms with Crippen LogP contribution < -0.4 is 5.73 Å². The number of nitrogens with zero attached hydrogens (tertiary/aromatic N) is 1. The van der Waals surface area contributed by atoms with Crippen molar-refractivity contribution in [3.05, 3.63) is 29.5 Å². The van der Waals surface area contributed by atoms with Crippen LogP contribution in [0.5, 0.6) is 0 Å². The van der Waals surface area contributed by atoms with E-state index in [0.717, 1.165) is 10.9 Å². The fourth-order valence-corrected chi connectivity index (χ4v) is 1.38. The number of H-pyrrole nitrogens is 1. The summed E-state index contributed by atoms with van der Waals surface area (Å²) in [4.78, 5) is 11.0. The summed E-state index contributed by atoms with van der Waals surface area (Å²) in [6, 6.07) is 3.57. The van der Waals surface area contributed by atoms with Crippen molar-refractivity contribution in [2.24, 2.45) is 5.73 Å². The highest BCUT2D eigenvalue weighted by molar-refractivity contribution is 6.05. The van der Waals surface area contributed by atoms with Gasteiger partial charge in [0.15, 0.2) is 0 Å². The van der Waals surface area contributed by atoms with Gasteiger partial charge in [-0.15, -0.1) is 0 Å². The van der Waals surface area contributed by atoms with Gasteiger partial charge in [0, 0.05) is 5.39 Å². The van der Waals surface area contributed by atoms with E-state index in [9.17, 15) is 4.79 Å². The van der Waals surface area contributed by atoms with Crippen LogP contribution in [-0.4, -0.2) is 16.1 Å². The molecule has 13 heavy (non-hydrogen) atoms. The molecule has 66 valence electrons. The maximum absolute atomic E-state index is 11.0. The fraction of sp³-hybridized carbons (Fsp3) is 0.111. The molecule has 0 saturated heterocycles. The van der Waals surface area contributed by atoms with E-state index in [1.54, 1.807) is 12.3 Å². The van der Waals surface area contributed by atoms with Gasteiger partial charge in [-0.25, -0.2) is 0 Å². The number of hydrogen-bond donors (Lipinski definition) is 2. The number of fused-ring (bicyclic) bond motifs is 1. The second kappa shape index (κ2) is 2.58. The third-order valence-corrected chi connectivity index (χ3v) is 2.10. The van der Waals surface area contributed by atoms with Crippen LogP contribution >= 0.6 is 0 Å². The Hall–Kier alpha value is -1.84. The molecule has 1 aromatic heterocycles. The highest BCUT2D eigenvalue weighted by Crippen LogP contribution is 2.19. The van der Waals surface area contributed by atoms with E-state index in [-0.39, 0.29) is 0 Å². The van der Waals surface area contributed by atoms with Crippen molar-refractivity contribution in [3.8, 4) is 0 Å². The van der Waals surface area contributed by atoms with Crippen LogP contribution in [0.15, 0.2) is 18.3 Å². The topological polar surface area (TPSA) is 71.8 Å². The van der Waals surface area contributed by atoms with Crippen LogP contribution in [0.1, 0.15) is 15.9 Å². The van der Waals surface area contributed by atoms with E-state index in [1.807, 2.05) is 13.0 Å². The van der Waals surface area contributed by atoms with Gasteiger partial charge in [0.2, 0.25) is 0 Å². The first-order valence-electron chi connectivity index (χ1n) is 3.92. The summed E-state index contributed by atoms with van der Waals surface area (Å²) in [6.07, 6.45) is 1.69. The normalized spacial score (nSPS) is 10.5. The summed E-state index contributed by atoms with van der Waals surface area (Å²) in [5.41, 5.74) is 7.48. The lowest BCUT2D eigenvalue weighted by atomic mass is 10.1. The molecule has 0 radical (unpaired) electrons. The van der Waals surface area contributed by atoms with E-state index >= 15 is 0 Å². The minimum absolute atomic E-state index is 0.436. The first-order chi connectivity index (χ1) is 6.20. The second-order valence-electron chi connectivity index (χ2n) is 2.95. The predicted octanol–water partition coefficient (Wildman–Crippen LogP) is 0.970. The molecule has 2 rings (SSSR count). The number of benzene rings is 1. The van der Waals surface area contributed by atoms with Gasteiger partial charge in [-0.05, 0) is 18.6 Å². The number of nitrogens with two attached hydrogens (primary N) is 1. The van der Waals surface area contributed by atoms with E-state index in [1.165, 1.54) is 0 Å². The molecule has 0 fully saturated rings. The lowest BCUT2D eigenvalue weighted by molar-refractivity contribution is 0.100. The standard InChI is InChI=1S/C9H9N3O/c1-5-2-3-6(9(10)13)8-7(5)4-11-12-8/h2-4H,1H3,(H2,10,13)(H,11,12). The Morgan fingerprint density at radius 3 is 3.00 bits per heavy atom. The van der Waals surface area contributed by atoms with Crippen molar-refractivity contribution in [1.29, 1.82) is 0 Å². The Morgan fingerprint density at radius 1 is 1.54 bits per heavy atom. The molecule has 0 unspecified atom stereocenters. The van der Waals surface area contributed by atoms with Crippen LogP contribution in [0.25, 0.3) is 10.9 Å². The number of carbonyl (C=O) groups excluding carboxylic acids is 1. The van der Waals surface area contributed by atoms with Crippen LogP contribution in [0.4, 0.5) is 0 Å². The van der Waals surface area contributed by atoms with Crippen molar-refractivity contribution in [2.45, 2.75) is 6.92 Å². The number of aryl methyl sites for hydroxylation is 1. The number of rotatable bonds is 1. The minimum Gasteiger partial charge on any atom is -0.366 e. The summed E-state index contributed by atoms with van der Waals surface area (Å²) < 4.78 is 0. The van der Waals surface area contributed by atoms with Crippen molar-refractivity contribution >= 4 is 16.8 Å². The monoisotopic (exact) mass is 175 g/mol. The molecule has 0 aliphatic carbocycles.